The molecule has 160 valence electrons. The van der Waals surface area contributed by atoms with Crippen molar-refractivity contribution in [2.75, 3.05) is 26.4 Å². The first-order valence-corrected chi connectivity index (χ1v) is 9.79. The fourth-order valence-electron chi connectivity index (χ4n) is 2.20. The van der Waals surface area contributed by atoms with Gasteiger partial charge in [0.2, 0.25) is 0 Å². The van der Waals surface area contributed by atoms with Crippen molar-refractivity contribution in [1.82, 2.24) is 0 Å². The zero-order chi connectivity index (χ0) is 20.5. The van der Waals surface area contributed by atoms with E-state index in [2.05, 4.69) is 6.92 Å². The Morgan fingerprint density at radius 2 is 1.62 bits per heavy atom. The van der Waals surface area contributed by atoms with Gasteiger partial charge in [-0.15, -0.1) is 0 Å². The molecule has 1 saturated heterocycles. The normalized spacial score (nSPS) is 27.0. The van der Waals surface area contributed by atoms with Crippen LogP contribution in [0.1, 0.15) is 60.8 Å². The highest BCUT2D eigenvalue weighted by Crippen LogP contribution is 2.22. The van der Waals surface area contributed by atoms with Gasteiger partial charge in [0.1, 0.15) is 12.2 Å². The Bertz CT molecular complexity index is 283. The summed E-state index contributed by atoms with van der Waals surface area (Å²) in [6.07, 6.45) is 0.575. The van der Waals surface area contributed by atoms with E-state index in [1.807, 2.05) is 20.8 Å². The second kappa shape index (κ2) is 18.1. The Kier molecular flexibility index (Phi) is 19.4. The van der Waals surface area contributed by atoms with Gasteiger partial charge in [-0.3, -0.25) is 0 Å². The van der Waals surface area contributed by atoms with Crippen molar-refractivity contribution >= 4 is 0 Å². The molecule has 0 aromatic heterocycles. The summed E-state index contributed by atoms with van der Waals surface area (Å²) in [5, 5.41) is 35.7. The molecule has 0 saturated carbocycles. The van der Waals surface area contributed by atoms with Crippen molar-refractivity contribution < 1.29 is 34.6 Å². The van der Waals surface area contributed by atoms with Gasteiger partial charge in [-0.05, 0) is 40.0 Å². The van der Waals surface area contributed by atoms with Crippen molar-refractivity contribution in [2.45, 2.75) is 97.4 Å². The van der Waals surface area contributed by atoms with Gasteiger partial charge in [-0.25, -0.2) is 0 Å². The predicted molar refractivity (Wildman–Crippen MR) is 102 cm³/mol. The highest BCUT2D eigenvalue weighted by atomic mass is 16.5. The molecule has 0 aliphatic carbocycles. The third-order valence-electron chi connectivity index (χ3n) is 3.90. The molecule has 0 amide bonds. The minimum atomic E-state index is -0.704. The molecule has 1 fully saturated rings. The molecular formula is C19H42O7. The second-order valence-electron chi connectivity index (χ2n) is 6.31. The largest absolute Gasteiger partial charge is 0.394 e. The van der Waals surface area contributed by atoms with Crippen molar-refractivity contribution in [3.05, 3.63) is 0 Å². The number of aliphatic hydroxyl groups excluding tert-OH is 4. The van der Waals surface area contributed by atoms with Crippen LogP contribution < -0.4 is 0 Å². The molecule has 6 atom stereocenters. The average molecular weight is 383 g/mol. The summed E-state index contributed by atoms with van der Waals surface area (Å²) in [4.78, 5) is 0. The lowest BCUT2D eigenvalue weighted by Crippen LogP contribution is -2.31. The van der Waals surface area contributed by atoms with Crippen LogP contribution in [0.4, 0.5) is 0 Å². The molecule has 0 aromatic carbocycles. The monoisotopic (exact) mass is 382 g/mol. The van der Waals surface area contributed by atoms with Crippen LogP contribution in [-0.4, -0.2) is 83.5 Å². The van der Waals surface area contributed by atoms with Crippen LogP contribution in [0.15, 0.2) is 0 Å². The minimum absolute atomic E-state index is 0.0104. The van der Waals surface area contributed by atoms with Gasteiger partial charge in [-0.2, -0.15) is 0 Å². The molecule has 7 heteroatoms. The van der Waals surface area contributed by atoms with Gasteiger partial charge in [-0.1, -0.05) is 20.8 Å². The van der Waals surface area contributed by atoms with E-state index >= 15 is 0 Å². The topological polar surface area (TPSA) is 109 Å². The fourth-order valence-corrected chi connectivity index (χ4v) is 2.20. The third-order valence-corrected chi connectivity index (χ3v) is 3.90. The van der Waals surface area contributed by atoms with Crippen LogP contribution in [0.3, 0.4) is 0 Å². The van der Waals surface area contributed by atoms with Gasteiger partial charge < -0.3 is 34.6 Å². The lowest BCUT2D eigenvalue weighted by molar-refractivity contribution is -0.0525. The summed E-state index contributed by atoms with van der Waals surface area (Å²) in [7, 11) is 0. The van der Waals surface area contributed by atoms with Gasteiger partial charge >= 0.3 is 0 Å². The molecule has 0 radical (unpaired) electrons. The smallest absolute Gasteiger partial charge is 0.108 e. The minimum Gasteiger partial charge on any atom is -0.394 e. The summed E-state index contributed by atoms with van der Waals surface area (Å²) in [6.45, 7) is 13.3. The van der Waals surface area contributed by atoms with Crippen LogP contribution in [-0.2, 0) is 14.2 Å². The Morgan fingerprint density at radius 1 is 1.00 bits per heavy atom. The summed E-state index contributed by atoms with van der Waals surface area (Å²) < 4.78 is 15.4. The van der Waals surface area contributed by atoms with E-state index in [0.29, 0.717) is 0 Å². The zero-order valence-corrected chi connectivity index (χ0v) is 17.4. The Labute approximate surface area is 159 Å². The van der Waals surface area contributed by atoms with Gasteiger partial charge in [0.05, 0.1) is 37.6 Å². The van der Waals surface area contributed by atoms with E-state index < -0.39 is 12.2 Å². The Morgan fingerprint density at radius 3 is 1.85 bits per heavy atom. The maximum Gasteiger partial charge on any atom is 0.108 e. The number of hydrogen-bond acceptors (Lipinski definition) is 7. The summed E-state index contributed by atoms with van der Waals surface area (Å²) >= 11 is 0. The first-order valence-electron chi connectivity index (χ1n) is 9.79. The molecule has 26 heavy (non-hydrogen) atoms. The second-order valence-corrected chi connectivity index (χ2v) is 6.31. The van der Waals surface area contributed by atoms with Crippen LogP contribution in [0, 0.1) is 0 Å². The molecule has 1 unspecified atom stereocenters. The predicted octanol–water partition coefficient (Wildman–Crippen LogP) is 1.49. The van der Waals surface area contributed by atoms with Crippen molar-refractivity contribution in [3.8, 4) is 0 Å². The van der Waals surface area contributed by atoms with Crippen molar-refractivity contribution in [1.29, 1.82) is 0 Å². The van der Waals surface area contributed by atoms with Crippen LogP contribution in [0.2, 0.25) is 0 Å². The highest BCUT2D eigenvalue weighted by Gasteiger charge is 2.38. The lowest BCUT2D eigenvalue weighted by Gasteiger charge is -2.17. The number of aliphatic hydroxyl groups is 4. The molecule has 1 rings (SSSR count). The van der Waals surface area contributed by atoms with E-state index in [1.165, 1.54) is 0 Å². The maximum atomic E-state index is 9.25. The third kappa shape index (κ3) is 13.0. The number of ether oxygens (including phenoxy) is 3. The van der Waals surface area contributed by atoms with E-state index in [4.69, 9.17) is 24.4 Å². The molecule has 0 bridgehead atoms. The first-order chi connectivity index (χ1) is 12.3. The van der Waals surface area contributed by atoms with Crippen LogP contribution in [0.25, 0.3) is 0 Å². The summed E-state index contributed by atoms with van der Waals surface area (Å²) in [5.41, 5.74) is 0. The lowest BCUT2D eigenvalue weighted by atomic mass is 10.1. The van der Waals surface area contributed by atoms with E-state index in [9.17, 15) is 10.2 Å². The standard InChI is InChI=1S/C7H14O3.C7H16O3.C5H12O/c1-3-5-7(9)6(8)4(2)10-5;1-3-7(5-9)10-6(2)4-8;1-3-5-6-4-2/h4-9H,3H2,1-2H3;6-9H,3-5H2,1-2H3;3-5H2,1-2H3/t4-,5+,6?,7-;6-,7+;/m00./s1. The van der Waals surface area contributed by atoms with Crippen molar-refractivity contribution in [3.63, 3.8) is 0 Å². The number of rotatable bonds is 9. The quantitative estimate of drug-likeness (QED) is 0.447. The van der Waals surface area contributed by atoms with Gasteiger partial charge in [0.15, 0.2) is 0 Å². The molecule has 0 aromatic rings. The summed E-state index contributed by atoms with van der Waals surface area (Å²) in [6, 6.07) is 0. The Balaban J connectivity index is 0. The van der Waals surface area contributed by atoms with Gasteiger partial charge in [0.25, 0.3) is 0 Å². The van der Waals surface area contributed by atoms with Crippen LogP contribution >= 0.6 is 0 Å². The van der Waals surface area contributed by atoms with E-state index in [1.54, 1.807) is 13.8 Å². The average Bonchev–Trinajstić information content (AvgIpc) is 2.91. The number of hydrogen-bond donors (Lipinski definition) is 4. The fraction of sp³-hybridized carbons (Fsp3) is 1.00. The molecule has 1 aliphatic rings. The first kappa shape index (κ1) is 27.9. The van der Waals surface area contributed by atoms with Gasteiger partial charge in [0, 0.05) is 13.2 Å². The zero-order valence-electron chi connectivity index (χ0n) is 17.4. The molecular weight excluding hydrogens is 340 g/mol. The molecule has 1 heterocycles. The SMILES string of the molecule is CCCOCC.CC[C@H](CO)O[C@@H](C)CO.CC[C@H]1O[C@@H](C)C(O)[C@H]1O. The van der Waals surface area contributed by atoms with Crippen LogP contribution in [0.5, 0.6) is 0 Å². The maximum absolute atomic E-state index is 9.25. The van der Waals surface area contributed by atoms with Crippen molar-refractivity contribution in [2.24, 2.45) is 0 Å². The van der Waals surface area contributed by atoms with E-state index in [0.717, 1.165) is 32.5 Å². The molecule has 1 aliphatic heterocycles. The van der Waals surface area contributed by atoms with E-state index in [-0.39, 0.29) is 37.6 Å². The Hall–Kier alpha value is -0.280. The highest BCUT2D eigenvalue weighted by molar-refractivity contribution is 4.87. The summed E-state index contributed by atoms with van der Waals surface area (Å²) in [5.74, 6) is 0. The molecule has 7 nitrogen and oxygen atoms in total. The molecule has 0 spiro atoms. The molecule has 4 N–H and O–H groups in total.